The van der Waals surface area contributed by atoms with Crippen molar-refractivity contribution in [2.24, 2.45) is 0 Å². The lowest BCUT2D eigenvalue weighted by atomic mass is 10.1. The van der Waals surface area contributed by atoms with Gasteiger partial charge in [-0.1, -0.05) is 42.5 Å². The molecule has 27 heavy (non-hydrogen) atoms. The van der Waals surface area contributed by atoms with Gasteiger partial charge in [0.2, 0.25) is 15.9 Å². The van der Waals surface area contributed by atoms with Crippen molar-refractivity contribution in [2.45, 2.75) is 12.8 Å². The van der Waals surface area contributed by atoms with E-state index in [1.165, 1.54) is 16.4 Å². The van der Waals surface area contributed by atoms with Gasteiger partial charge in [0.15, 0.2) is 0 Å². The molecule has 7 heteroatoms. The summed E-state index contributed by atoms with van der Waals surface area (Å²) in [5, 5.41) is 0. The normalized spacial score (nSPS) is 15.7. The molecule has 0 aromatic heterocycles. The van der Waals surface area contributed by atoms with Crippen molar-refractivity contribution in [1.82, 2.24) is 9.21 Å². The monoisotopic (exact) mass is 390 g/mol. The summed E-state index contributed by atoms with van der Waals surface area (Å²) in [6.07, 6.45) is 0.675. The molecule has 0 unspecified atom stereocenters. The van der Waals surface area contributed by atoms with Crippen molar-refractivity contribution in [1.29, 1.82) is 0 Å². The summed E-state index contributed by atoms with van der Waals surface area (Å²) in [5.41, 5.74) is 1.74. The lowest BCUT2D eigenvalue weighted by Gasteiger charge is -2.34. The molecule has 2 aromatic rings. The van der Waals surface area contributed by atoms with Gasteiger partial charge < -0.3 is 4.90 Å². The minimum atomic E-state index is -3.34. The van der Waals surface area contributed by atoms with E-state index in [2.05, 4.69) is 0 Å². The molecule has 1 amide bonds. The Morgan fingerprint density at radius 1 is 0.889 bits per heavy atom. The number of sulfonamides is 1. The zero-order valence-electron chi connectivity index (χ0n) is 15.1. The Kier molecular flexibility index (Phi) is 6.23. The predicted molar refractivity (Wildman–Crippen MR) is 102 cm³/mol. The topological polar surface area (TPSA) is 57.7 Å². The Bertz CT molecular complexity index is 862. The van der Waals surface area contributed by atoms with Crippen LogP contribution in [-0.4, -0.2) is 55.5 Å². The van der Waals surface area contributed by atoms with E-state index >= 15 is 0 Å². The number of carbonyl (C=O) groups is 1. The van der Waals surface area contributed by atoms with Crippen LogP contribution in [-0.2, 0) is 27.7 Å². The second-order valence-electron chi connectivity index (χ2n) is 6.63. The highest BCUT2D eigenvalue weighted by Crippen LogP contribution is 2.12. The number of piperazine rings is 1. The molecule has 3 rings (SSSR count). The first-order valence-corrected chi connectivity index (χ1v) is 10.6. The fraction of sp³-hybridized carbons (Fsp3) is 0.350. The van der Waals surface area contributed by atoms with E-state index in [0.29, 0.717) is 32.6 Å². The summed E-state index contributed by atoms with van der Waals surface area (Å²) in [7, 11) is -3.34. The highest BCUT2D eigenvalue weighted by molar-refractivity contribution is 7.89. The van der Waals surface area contributed by atoms with Crippen molar-refractivity contribution in [3.05, 3.63) is 71.5 Å². The van der Waals surface area contributed by atoms with Gasteiger partial charge in [0.1, 0.15) is 5.82 Å². The van der Waals surface area contributed by atoms with Gasteiger partial charge >= 0.3 is 0 Å². The van der Waals surface area contributed by atoms with E-state index < -0.39 is 10.0 Å². The average Bonchev–Trinajstić information content (AvgIpc) is 2.69. The van der Waals surface area contributed by atoms with Crippen LogP contribution in [0.4, 0.5) is 4.39 Å². The van der Waals surface area contributed by atoms with Crippen LogP contribution in [0.15, 0.2) is 54.6 Å². The van der Waals surface area contributed by atoms with Gasteiger partial charge in [-0.25, -0.2) is 12.8 Å². The van der Waals surface area contributed by atoms with Gasteiger partial charge in [-0.2, -0.15) is 4.31 Å². The van der Waals surface area contributed by atoms with Crippen molar-refractivity contribution < 1.29 is 17.6 Å². The van der Waals surface area contributed by atoms with Gasteiger partial charge in [0.25, 0.3) is 0 Å². The van der Waals surface area contributed by atoms with E-state index in [-0.39, 0.29) is 23.9 Å². The van der Waals surface area contributed by atoms with E-state index in [9.17, 15) is 17.6 Å². The van der Waals surface area contributed by atoms with Gasteiger partial charge in [0, 0.05) is 26.2 Å². The second kappa shape index (κ2) is 8.63. The Morgan fingerprint density at radius 2 is 1.52 bits per heavy atom. The number of rotatable bonds is 6. The molecule has 0 spiro atoms. The fourth-order valence-electron chi connectivity index (χ4n) is 3.12. The fourth-order valence-corrected chi connectivity index (χ4v) is 4.60. The van der Waals surface area contributed by atoms with Crippen molar-refractivity contribution >= 4 is 15.9 Å². The number of hydrogen-bond acceptors (Lipinski definition) is 3. The summed E-state index contributed by atoms with van der Waals surface area (Å²) in [6, 6.07) is 15.4. The zero-order valence-corrected chi connectivity index (χ0v) is 15.9. The maximum atomic E-state index is 12.9. The molecule has 5 nitrogen and oxygen atoms in total. The number of amides is 1. The molecule has 1 fully saturated rings. The second-order valence-corrected chi connectivity index (χ2v) is 8.72. The molecule has 0 N–H and O–H groups in total. The lowest BCUT2D eigenvalue weighted by Crippen LogP contribution is -2.51. The Balaban J connectivity index is 1.50. The highest BCUT2D eigenvalue weighted by Gasteiger charge is 2.28. The average molecular weight is 390 g/mol. The first-order valence-electron chi connectivity index (χ1n) is 8.98. The van der Waals surface area contributed by atoms with Crippen LogP contribution in [0, 0.1) is 5.82 Å². The molecule has 0 saturated carbocycles. The third-order valence-corrected chi connectivity index (χ3v) is 6.62. The largest absolute Gasteiger partial charge is 0.340 e. The third kappa shape index (κ3) is 5.37. The Labute approximate surface area is 159 Å². The Hall–Kier alpha value is -2.25. The number of carbonyl (C=O) groups excluding carboxylic acids is 1. The lowest BCUT2D eigenvalue weighted by molar-refractivity contribution is -0.131. The molecule has 144 valence electrons. The summed E-state index contributed by atoms with van der Waals surface area (Å²) >= 11 is 0. The maximum absolute atomic E-state index is 12.9. The molecule has 1 aliphatic rings. The number of benzene rings is 2. The quantitative estimate of drug-likeness (QED) is 0.759. The van der Waals surface area contributed by atoms with Crippen LogP contribution in [0.1, 0.15) is 11.1 Å². The van der Waals surface area contributed by atoms with Crippen molar-refractivity contribution in [2.75, 3.05) is 31.9 Å². The SMILES string of the molecule is O=C(Cc1ccc(F)cc1)N1CCN(S(=O)(=O)CCc2ccccc2)CC1. The van der Waals surface area contributed by atoms with Gasteiger partial charge in [-0.05, 0) is 29.7 Å². The summed E-state index contributed by atoms with van der Waals surface area (Å²) in [6.45, 7) is 1.38. The smallest absolute Gasteiger partial charge is 0.227 e. The molecule has 1 saturated heterocycles. The molecule has 0 aliphatic carbocycles. The van der Waals surface area contributed by atoms with Crippen molar-refractivity contribution in [3.8, 4) is 0 Å². The summed E-state index contributed by atoms with van der Waals surface area (Å²) < 4.78 is 39.5. The number of hydrogen-bond donors (Lipinski definition) is 0. The first kappa shape index (κ1) is 19.5. The van der Waals surface area contributed by atoms with Gasteiger partial charge in [-0.3, -0.25) is 4.79 Å². The van der Waals surface area contributed by atoms with Crippen LogP contribution >= 0.6 is 0 Å². The van der Waals surface area contributed by atoms with Crippen molar-refractivity contribution in [3.63, 3.8) is 0 Å². The van der Waals surface area contributed by atoms with Crippen LogP contribution in [0.25, 0.3) is 0 Å². The van der Waals surface area contributed by atoms with Crippen LogP contribution in [0.2, 0.25) is 0 Å². The Morgan fingerprint density at radius 3 is 2.15 bits per heavy atom. The molecular weight excluding hydrogens is 367 g/mol. The molecule has 0 bridgehead atoms. The molecule has 0 atom stereocenters. The molecule has 2 aromatic carbocycles. The summed E-state index contributed by atoms with van der Waals surface area (Å²) in [4.78, 5) is 14.1. The minimum absolute atomic E-state index is 0.0667. The van der Waals surface area contributed by atoms with E-state index in [4.69, 9.17) is 0 Å². The van der Waals surface area contributed by atoms with E-state index in [0.717, 1.165) is 11.1 Å². The van der Waals surface area contributed by atoms with Crippen LogP contribution in [0.3, 0.4) is 0 Å². The maximum Gasteiger partial charge on any atom is 0.227 e. The van der Waals surface area contributed by atoms with Crippen LogP contribution in [0.5, 0.6) is 0 Å². The molecular formula is C20H23FN2O3S. The third-order valence-electron chi connectivity index (χ3n) is 4.74. The number of aryl methyl sites for hydroxylation is 1. The van der Waals surface area contributed by atoms with Crippen LogP contribution < -0.4 is 0 Å². The minimum Gasteiger partial charge on any atom is -0.340 e. The first-order chi connectivity index (χ1) is 12.9. The number of nitrogens with zero attached hydrogens (tertiary/aromatic N) is 2. The van der Waals surface area contributed by atoms with E-state index in [1.54, 1.807) is 17.0 Å². The zero-order chi connectivity index (χ0) is 19.3. The summed E-state index contributed by atoms with van der Waals surface area (Å²) in [5.74, 6) is -0.330. The van der Waals surface area contributed by atoms with Gasteiger partial charge in [-0.15, -0.1) is 0 Å². The van der Waals surface area contributed by atoms with Gasteiger partial charge in [0.05, 0.1) is 12.2 Å². The number of halogens is 1. The van der Waals surface area contributed by atoms with E-state index in [1.807, 2.05) is 30.3 Å². The molecule has 0 radical (unpaired) electrons. The molecule has 1 heterocycles. The highest BCUT2D eigenvalue weighted by atomic mass is 32.2. The molecule has 1 aliphatic heterocycles. The predicted octanol–water partition coefficient (Wildman–Crippen LogP) is 2.08. The standard InChI is InChI=1S/C20H23FN2O3S/c21-19-8-6-18(7-9-19)16-20(24)22-11-13-23(14-12-22)27(25,26)15-10-17-4-2-1-3-5-17/h1-9H,10-16H2.